The highest BCUT2D eigenvalue weighted by Gasteiger charge is 2.37. The third-order valence-electron chi connectivity index (χ3n) is 3.28. The van der Waals surface area contributed by atoms with E-state index in [1.54, 1.807) is 0 Å². The summed E-state index contributed by atoms with van der Waals surface area (Å²) in [6, 6.07) is 0.214. The van der Waals surface area contributed by atoms with Crippen molar-refractivity contribution in [2.45, 2.75) is 45.8 Å². The SMILES string of the molecule is C[C@@H]1C[C@@H](CN2C=CN[NH2+]2)N(C(=O)OC(C)(C)C)C1. The Labute approximate surface area is 114 Å². The van der Waals surface area contributed by atoms with E-state index in [2.05, 4.69) is 17.4 Å². The van der Waals surface area contributed by atoms with Crippen LogP contribution in [0.3, 0.4) is 0 Å². The highest BCUT2D eigenvalue weighted by atomic mass is 16.6. The monoisotopic (exact) mass is 269 g/mol. The lowest BCUT2D eigenvalue weighted by Gasteiger charge is -2.29. The number of likely N-dealkylation sites (tertiary alicyclic amines) is 1. The van der Waals surface area contributed by atoms with Crippen molar-refractivity contribution < 1.29 is 15.1 Å². The molecule has 1 amide bonds. The second-order valence-corrected chi connectivity index (χ2v) is 6.44. The lowest BCUT2D eigenvalue weighted by Crippen LogP contribution is -2.97. The minimum absolute atomic E-state index is 0.196. The predicted molar refractivity (Wildman–Crippen MR) is 71.4 cm³/mol. The van der Waals surface area contributed by atoms with Crippen LogP contribution in [0.2, 0.25) is 0 Å². The molecule has 2 heterocycles. The summed E-state index contributed by atoms with van der Waals surface area (Å²) in [5, 5.41) is 2.07. The molecule has 0 saturated carbocycles. The minimum Gasteiger partial charge on any atom is -0.444 e. The van der Waals surface area contributed by atoms with Crippen molar-refractivity contribution in [3.8, 4) is 0 Å². The summed E-state index contributed by atoms with van der Waals surface area (Å²) in [5.41, 5.74) is 4.50. The molecule has 0 spiro atoms. The molecule has 0 aromatic rings. The summed E-state index contributed by atoms with van der Waals surface area (Å²) >= 11 is 0. The van der Waals surface area contributed by atoms with Gasteiger partial charge in [0, 0.05) is 6.54 Å². The Morgan fingerprint density at radius 3 is 2.84 bits per heavy atom. The van der Waals surface area contributed by atoms with Crippen molar-refractivity contribution in [2.24, 2.45) is 5.92 Å². The summed E-state index contributed by atoms with van der Waals surface area (Å²) in [6.45, 7) is 9.48. The van der Waals surface area contributed by atoms with Crippen LogP contribution in [0.1, 0.15) is 34.1 Å². The van der Waals surface area contributed by atoms with Crippen LogP contribution in [-0.4, -0.2) is 40.7 Å². The molecule has 0 aliphatic carbocycles. The van der Waals surface area contributed by atoms with Gasteiger partial charge in [0.2, 0.25) is 0 Å². The molecule has 0 aromatic carbocycles. The van der Waals surface area contributed by atoms with Gasteiger partial charge in [0.05, 0.1) is 25.0 Å². The number of quaternary nitrogens is 1. The van der Waals surface area contributed by atoms with Gasteiger partial charge in [0.15, 0.2) is 0 Å². The molecule has 2 rings (SSSR count). The summed E-state index contributed by atoms with van der Waals surface area (Å²) in [4.78, 5) is 14.1. The molecule has 6 heteroatoms. The van der Waals surface area contributed by atoms with Crippen LogP contribution < -0.4 is 11.0 Å². The standard InChI is InChI=1S/C13H24N4O2/c1-10-7-11(9-16-6-5-14-15-16)17(8-10)12(18)19-13(2,3)4/h5-6,10-11,14-15H,7-9H2,1-4H3/p+1/t10-,11+/m1/s1. The van der Waals surface area contributed by atoms with Gasteiger partial charge in [0.25, 0.3) is 0 Å². The second-order valence-electron chi connectivity index (χ2n) is 6.44. The molecule has 1 saturated heterocycles. The average Bonchev–Trinajstić information content (AvgIpc) is 2.86. The second kappa shape index (κ2) is 5.28. The molecule has 0 aromatic heterocycles. The van der Waals surface area contributed by atoms with Gasteiger partial charge in [-0.05, 0) is 33.1 Å². The van der Waals surface area contributed by atoms with E-state index in [4.69, 9.17) is 4.74 Å². The zero-order valence-electron chi connectivity index (χ0n) is 12.2. The highest BCUT2D eigenvalue weighted by molar-refractivity contribution is 5.69. The van der Waals surface area contributed by atoms with E-state index in [1.165, 1.54) is 0 Å². The number of amides is 1. The fraction of sp³-hybridized carbons (Fsp3) is 0.769. The van der Waals surface area contributed by atoms with Crippen molar-refractivity contribution >= 4 is 6.09 Å². The van der Waals surface area contributed by atoms with Crippen molar-refractivity contribution in [1.82, 2.24) is 15.3 Å². The van der Waals surface area contributed by atoms with E-state index in [0.717, 1.165) is 19.5 Å². The lowest BCUT2D eigenvalue weighted by molar-refractivity contribution is -0.822. The summed E-state index contributed by atoms with van der Waals surface area (Å²) < 4.78 is 5.49. The summed E-state index contributed by atoms with van der Waals surface area (Å²) in [5.74, 6) is 0.525. The normalized spacial score (nSPS) is 26.7. The molecule has 2 aliphatic rings. The molecule has 19 heavy (non-hydrogen) atoms. The summed E-state index contributed by atoms with van der Waals surface area (Å²) in [7, 11) is 0. The quantitative estimate of drug-likeness (QED) is 0.713. The number of nitrogens with zero attached hydrogens (tertiary/aromatic N) is 2. The van der Waals surface area contributed by atoms with Crippen LogP contribution in [-0.2, 0) is 4.74 Å². The van der Waals surface area contributed by atoms with E-state index < -0.39 is 5.60 Å². The Kier molecular flexibility index (Phi) is 3.89. The highest BCUT2D eigenvalue weighted by Crippen LogP contribution is 2.25. The van der Waals surface area contributed by atoms with Crippen LogP contribution in [0.15, 0.2) is 12.4 Å². The fourth-order valence-corrected chi connectivity index (χ4v) is 2.55. The first-order valence-corrected chi connectivity index (χ1v) is 6.86. The number of carbonyl (C=O) groups is 1. The molecule has 1 fully saturated rings. The number of carbonyl (C=O) groups excluding carboxylic acids is 1. The van der Waals surface area contributed by atoms with Gasteiger partial charge in [-0.15, -0.1) is 5.53 Å². The predicted octanol–water partition coefficient (Wildman–Crippen LogP) is 0.402. The first kappa shape index (κ1) is 14.0. The number of ether oxygens (including phenoxy) is 1. The van der Waals surface area contributed by atoms with Gasteiger partial charge in [0.1, 0.15) is 5.60 Å². The van der Waals surface area contributed by atoms with E-state index in [-0.39, 0.29) is 12.1 Å². The average molecular weight is 269 g/mol. The number of rotatable bonds is 2. The topological polar surface area (TPSA) is 61.4 Å². The molecular weight excluding hydrogens is 244 g/mol. The number of hydrogen-bond acceptors (Lipinski definition) is 4. The number of hydrogen-bond donors (Lipinski definition) is 2. The maximum absolute atomic E-state index is 12.2. The van der Waals surface area contributed by atoms with Gasteiger partial charge in [-0.25, -0.2) is 15.2 Å². The smallest absolute Gasteiger partial charge is 0.410 e. The van der Waals surface area contributed by atoms with Gasteiger partial charge < -0.3 is 9.64 Å². The van der Waals surface area contributed by atoms with E-state index >= 15 is 0 Å². The van der Waals surface area contributed by atoms with Crippen LogP contribution in [0.5, 0.6) is 0 Å². The zero-order chi connectivity index (χ0) is 14.0. The van der Waals surface area contributed by atoms with E-state index in [0.29, 0.717) is 5.92 Å². The largest absolute Gasteiger partial charge is 0.444 e. The third kappa shape index (κ3) is 3.76. The zero-order valence-corrected chi connectivity index (χ0v) is 12.2. The van der Waals surface area contributed by atoms with E-state index in [1.807, 2.05) is 43.6 Å². The van der Waals surface area contributed by atoms with Gasteiger partial charge in [-0.2, -0.15) is 0 Å². The van der Waals surface area contributed by atoms with Crippen LogP contribution in [0.25, 0.3) is 0 Å². The number of nitrogens with two attached hydrogens (primary N) is 1. The Balaban J connectivity index is 1.96. The minimum atomic E-state index is -0.436. The Bertz CT molecular complexity index is 364. The Morgan fingerprint density at radius 1 is 1.53 bits per heavy atom. The Hall–Kier alpha value is -1.43. The summed E-state index contributed by atoms with van der Waals surface area (Å²) in [6.07, 6.45) is 4.70. The number of nitrogens with one attached hydrogen (secondary N) is 1. The molecule has 2 atom stereocenters. The molecule has 0 radical (unpaired) electrons. The molecular formula is C13H25N4O2+. The van der Waals surface area contributed by atoms with Crippen molar-refractivity contribution in [1.29, 1.82) is 0 Å². The molecule has 3 N–H and O–H groups in total. The van der Waals surface area contributed by atoms with Crippen LogP contribution in [0, 0.1) is 5.92 Å². The molecule has 2 aliphatic heterocycles. The van der Waals surface area contributed by atoms with Crippen molar-refractivity contribution in [3.05, 3.63) is 12.4 Å². The first-order chi connectivity index (χ1) is 8.85. The van der Waals surface area contributed by atoms with Gasteiger partial charge >= 0.3 is 6.09 Å². The van der Waals surface area contributed by atoms with Crippen LogP contribution in [0.4, 0.5) is 4.79 Å². The van der Waals surface area contributed by atoms with Crippen molar-refractivity contribution in [2.75, 3.05) is 13.1 Å². The first-order valence-electron chi connectivity index (χ1n) is 6.86. The molecule has 0 bridgehead atoms. The lowest BCUT2D eigenvalue weighted by atomic mass is 10.1. The molecule has 0 unspecified atom stereocenters. The third-order valence-corrected chi connectivity index (χ3v) is 3.28. The fourth-order valence-electron chi connectivity index (χ4n) is 2.55. The maximum Gasteiger partial charge on any atom is 0.410 e. The molecule has 6 nitrogen and oxygen atoms in total. The Morgan fingerprint density at radius 2 is 2.26 bits per heavy atom. The van der Waals surface area contributed by atoms with E-state index in [9.17, 15) is 4.79 Å². The maximum atomic E-state index is 12.2. The van der Waals surface area contributed by atoms with Crippen molar-refractivity contribution in [3.63, 3.8) is 0 Å². The van der Waals surface area contributed by atoms with Gasteiger partial charge in [-0.3, -0.25) is 0 Å². The van der Waals surface area contributed by atoms with Crippen LogP contribution >= 0.6 is 0 Å². The van der Waals surface area contributed by atoms with Gasteiger partial charge in [-0.1, -0.05) is 6.92 Å². The molecule has 108 valence electrons.